The molecule has 0 atom stereocenters. The van der Waals surface area contributed by atoms with E-state index in [4.69, 9.17) is 5.11 Å². The largest absolute Gasteiger partial charge is 0.481 e. The zero-order valence-electron chi connectivity index (χ0n) is 12.3. The molecule has 0 unspecified atom stereocenters. The van der Waals surface area contributed by atoms with Gasteiger partial charge in [-0.15, -0.1) is 0 Å². The van der Waals surface area contributed by atoms with E-state index >= 15 is 0 Å². The monoisotopic (exact) mass is 296 g/mol. The van der Waals surface area contributed by atoms with Crippen LogP contribution in [-0.2, 0) is 23.2 Å². The summed E-state index contributed by atoms with van der Waals surface area (Å²) in [6, 6.07) is 1.12. The van der Waals surface area contributed by atoms with Gasteiger partial charge in [-0.1, -0.05) is 13.8 Å². The number of carbonyl (C=O) groups excluding carboxylic acids is 2. The second-order valence-electron chi connectivity index (χ2n) is 5.62. The van der Waals surface area contributed by atoms with Crippen molar-refractivity contribution in [1.82, 2.24) is 20.4 Å². The summed E-state index contributed by atoms with van der Waals surface area (Å²) in [6.07, 6.45) is 1.56. The van der Waals surface area contributed by atoms with Gasteiger partial charge in [0.1, 0.15) is 0 Å². The molecule has 8 heteroatoms. The van der Waals surface area contributed by atoms with Gasteiger partial charge in [0.25, 0.3) is 0 Å². The summed E-state index contributed by atoms with van der Waals surface area (Å²) in [4.78, 5) is 33.9. The number of rotatable bonds is 6. The molecule has 8 nitrogen and oxygen atoms in total. The van der Waals surface area contributed by atoms with E-state index in [1.54, 1.807) is 37.8 Å². The molecular weight excluding hydrogens is 276 g/mol. The molecule has 3 N–H and O–H groups in total. The van der Waals surface area contributed by atoms with Gasteiger partial charge in [0, 0.05) is 19.7 Å². The summed E-state index contributed by atoms with van der Waals surface area (Å²) in [5, 5.41) is 17.5. The van der Waals surface area contributed by atoms with E-state index in [-0.39, 0.29) is 19.4 Å². The van der Waals surface area contributed by atoms with Crippen LogP contribution >= 0.6 is 0 Å². The molecular formula is C13H20N4O4. The Labute approximate surface area is 122 Å². The fraction of sp³-hybridized carbons (Fsp3) is 0.538. The number of carbonyl (C=O) groups is 3. The molecule has 0 aliphatic carbocycles. The number of hydrogen-bond donors (Lipinski definition) is 3. The first kappa shape index (κ1) is 16.7. The number of urea groups is 1. The Morgan fingerprint density at radius 3 is 2.52 bits per heavy atom. The highest BCUT2D eigenvalue weighted by atomic mass is 16.4. The Bertz CT molecular complexity index is 536. The average molecular weight is 296 g/mol. The molecule has 0 bridgehead atoms. The molecule has 0 radical (unpaired) electrons. The first-order valence-electron chi connectivity index (χ1n) is 6.46. The van der Waals surface area contributed by atoms with Crippen molar-refractivity contribution in [2.75, 3.05) is 0 Å². The highest BCUT2D eigenvalue weighted by Gasteiger charge is 2.25. The lowest BCUT2D eigenvalue weighted by atomic mass is 9.85. The maximum Gasteiger partial charge on any atom is 0.321 e. The number of aliphatic carboxylic acids is 1. The van der Waals surface area contributed by atoms with E-state index in [9.17, 15) is 14.4 Å². The molecule has 1 aromatic heterocycles. The quantitative estimate of drug-likeness (QED) is 0.712. The van der Waals surface area contributed by atoms with Crippen molar-refractivity contribution in [2.45, 2.75) is 33.2 Å². The van der Waals surface area contributed by atoms with Crippen molar-refractivity contribution in [3.8, 4) is 0 Å². The highest BCUT2D eigenvalue weighted by Crippen LogP contribution is 2.24. The maximum atomic E-state index is 11.7. The molecule has 0 spiro atoms. The molecule has 0 saturated carbocycles. The lowest BCUT2D eigenvalue weighted by Gasteiger charge is -2.21. The molecule has 0 saturated heterocycles. The molecule has 0 fully saturated rings. The lowest BCUT2D eigenvalue weighted by Crippen LogP contribution is -2.41. The SMILES string of the molecule is Cn1ccc(CNC(=O)NC(=O)CC(C)(C)CC(=O)O)n1. The predicted molar refractivity (Wildman–Crippen MR) is 74.2 cm³/mol. The van der Waals surface area contributed by atoms with E-state index in [2.05, 4.69) is 15.7 Å². The van der Waals surface area contributed by atoms with Crippen molar-refractivity contribution >= 4 is 17.9 Å². The molecule has 1 rings (SSSR count). The van der Waals surface area contributed by atoms with Crippen molar-refractivity contribution in [2.24, 2.45) is 12.5 Å². The second kappa shape index (κ2) is 6.87. The fourth-order valence-corrected chi connectivity index (χ4v) is 1.85. The Balaban J connectivity index is 2.36. The Kier molecular flexibility index (Phi) is 5.45. The third kappa shape index (κ3) is 6.55. The number of nitrogens with one attached hydrogen (secondary N) is 2. The van der Waals surface area contributed by atoms with Gasteiger partial charge in [-0.2, -0.15) is 5.10 Å². The van der Waals surface area contributed by atoms with Crippen LogP contribution in [0.5, 0.6) is 0 Å². The van der Waals surface area contributed by atoms with E-state index in [1.165, 1.54) is 0 Å². The van der Waals surface area contributed by atoms with Crippen molar-refractivity contribution < 1.29 is 19.5 Å². The van der Waals surface area contributed by atoms with Gasteiger partial charge in [0.2, 0.25) is 5.91 Å². The minimum absolute atomic E-state index is 0.0453. The van der Waals surface area contributed by atoms with Crippen LogP contribution in [0.15, 0.2) is 12.3 Å². The zero-order chi connectivity index (χ0) is 16.0. The van der Waals surface area contributed by atoms with Gasteiger partial charge >= 0.3 is 12.0 Å². The second-order valence-corrected chi connectivity index (χ2v) is 5.62. The molecule has 21 heavy (non-hydrogen) atoms. The van der Waals surface area contributed by atoms with Crippen LogP contribution in [0.4, 0.5) is 4.79 Å². The lowest BCUT2D eigenvalue weighted by molar-refractivity contribution is -0.139. The number of amides is 3. The number of aromatic nitrogens is 2. The first-order chi connectivity index (χ1) is 9.68. The average Bonchev–Trinajstić information content (AvgIpc) is 2.69. The van der Waals surface area contributed by atoms with Gasteiger partial charge in [-0.25, -0.2) is 4.79 Å². The summed E-state index contributed by atoms with van der Waals surface area (Å²) in [6.45, 7) is 3.53. The van der Waals surface area contributed by atoms with Crippen LogP contribution in [0.2, 0.25) is 0 Å². The van der Waals surface area contributed by atoms with Gasteiger partial charge in [-0.05, 0) is 11.5 Å². The van der Waals surface area contributed by atoms with E-state index in [1.807, 2.05) is 0 Å². The number of hydrogen-bond acceptors (Lipinski definition) is 4. The molecule has 0 aromatic carbocycles. The van der Waals surface area contributed by atoms with Crippen LogP contribution in [0, 0.1) is 5.41 Å². The van der Waals surface area contributed by atoms with Crippen LogP contribution in [0.1, 0.15) is 32.4 Å². The summed E-state index contributed by atoms with van der Waals surface area (Å²) >= 11 is 0. The van der Waals surface area contributed by atoms with Gasteiger partial charge < -0.3 is 10.4 Å². The molecule has 0 aliphatic heterocycles. The first-order valence-corrected chi connectivity index (χ1v) is 6.46. The Hall–Kier alpha value is -2.38. The van der Waals surface area contributed by atoms with E-state index in [0.717, 1.165) is 0 Å². The standard InChI is InChI=1S/C13H20N4O4/c1-13(2,7-11(19)20)6-10(18)15-12(21)14-8-9-4-5-17(3)16-9/h4-5H,6-8H2,1-3H3,(H,19,20)(H2,14,15,18,21). The number of nitrogens with zero attached hydrogens (tertiary/aromatic N) is 2. The molecule has 3 amide bonds. The van der Waals surface area contributed by atoms with E-state index < -0.39 is 23.3 Å². The van der Waals surface area contributed by atoms with Crippen molar-refractivity contribution in [1.29, 1.82) is 0 Å². The number of carboxylic acids is 1. The molecule has 1 heterocycles. The van der Waals surface area contributed by atoms with E-state index in [0.29, 0.717) is 5.69 Å². The zero-order valence-corrected chi connectivity index (χ0v) is 12.3. The summed E-state index contributed by atoms with van der Waals surface area (Å²) in [7, 11) is 1.76. The third-order valence-corrected chi connectivity index (χ3v) is 2.72. The summed E-state index contributed by atoms with van der Waals surface area (Å²) in [5.41, 5.74) is -0.0386. The third-order valence-electron chi connectivity index (χ3n) is 2.72. The molecule has 116 valence electrons. The summed E-state index contributed by atoms with van der Waals surface area (Å²) in [5.74, 6) is -1.49. The van der Waals surface area contributed by atoms with Crippen LogP contribution in [0.3, 0.4) is 0 Å². The Morgan fingerprint density at radius 1 is 1.33 bits per heavy atom. The fourth-order valence-electron chi connectivity index (χ4n) is 1.85. The van der Waals surface area contributed by atoms with Crippen LogP contribution in [-0.4, -0.2) is 32.8 Å². The van der Waals surface area contributed by atoms with Crippen LogP contribution < -0.4 is 10.6 Å². The summed E-state index contributed by atoms with van der Waals surface area (Å²) < 4.78 is 1.61. The van der Waals surface area contributed by atoms with Crippen LogP contribution in [0.25, 0.3) is 0 Å². The topological polar surface area (TPSA) is 113 Å². The minimum Gasteiger partial charge on any atom is -0.481 e. The number of carboxylic acid groups (broad SMARTS) is 1. The van der Waals surface area contributed by atoms with Gasteiger partial charge in [-0.3, -0.25) is 19.6 Å². The molecule has 1 aromatic rings. The minimum atomic E-state index is -0.979. The predicted octanol–water partition coefficient (Wildman–Crippen LogP) is 0.637. The van der Waals surface area contributed by atoms with Gasteiger partial charge in [0.05, 0.1) is 18.7 Å². The maximum absolute atomic E-state index is 11.7. The van der Waals surface area contributed by atoms with Gasteiger partial charge in [0.15, 0.2) is 0 Å². The molecule has 0 aliphatic rings. The smallest absolute Gasteiger partial charge is 0.321 e. The highest BCUT2D eigenvalue weighted by molar-refractivity contribution is 5.94. The number of imide groups is 1. The van der Waals surface area contributed by atoms with Crippen molar-refractivity contribution in [3.05, 3.63) is 18.0 Å². The Morgan fingerprint density at radius 2 is 2.00 bits per heavy atom. The number of aryl methyl sites for hydroxylation is 1. The van der Waals surface area contributed by atoms with Crippen molar-refractivity contribution in [3.63, 3.8) is 0 Å². The normalized spacial score (nSPS) is 11.0.